The Hall–Kier alpha value is -1.59. The Morgan fingerprint density at radius 1 is 1.25 bits per heavy atom. The van der Waals surface area contributed by atoms with Gasteiger partial charge in [-0.1, -0.05) is 0 Å². The molecule has 1 fully saturated rings. The van der Waals surface area contributed by atoms with Crippen molar-refractivity contribution >= 4 is 17.9 Å². The predicted molar refractivity (Wildman–Crippen MR) is 55.1 cm³/mol. The second kappa shape index (κ2) is 4.51. The van der Waals surface area contributed by atoms with Crippen LogP contribution in [0.15, 0.2) is 0 Å². The van der Waals surface area contributed by atoms with Crippen LogP contribution < -0.4 is 5.43 Å². The van der Waals surface area contributed by atoms with Gasteiger partial charge in [0.1, 0.15) is 5.60 Å². The maximum atomic E-state index is 11.3. The van der Waals surface area contributed by atoms with Crippen LogP contribution in [0.5, 0.6) is 0 Å². The molecule has 1 aliphatic rings. The van der Waals surface area contributed by atoms with Gasteiger partial charge in [0.05, 0.1) is 0 Å². The minimum Gasteiger partial charge on any atom is -0.443 e. The summed E-state index contributed by atoms with van der Waals surface area (Å²) in [5.74, 6) is -0.802. The van der Waals surface area contributed by atoms with Gasteiger partial charge in [0.15, 0.2) is 0 Å². The van der Waals surface area contributed by atoms with Crippen molar-refractivity contribution in [1.82, 2.24) is 10.4 Å². The molecule has 0 saturated carbocycles. The molecule has 0 spiro atoms. The molecule has 0 aromatic heterocycles. The lowest BCUT2D eigenvalue weighted by molar-refractivity contribution is -0.151. The lowest BCUT2D eigenvalue weighted by Gasteiger charge is -2.27. The van der Waals surface area contributed by atoms with Crippen LogP contribution in [0.2, 0.25) is 0 Å². The second-order valence-electron chi connectivity index (χ2n) is 4.59. The number of hydrogen-bond acceptors (Lipinski definition) is 4. The summed E-state index contributed by atoms with van der Waals surface area (Å²) in [4.78, 5) is 34.0. The number of ether oxygens (including phenoxy) is 1. The molecule has 3 amide bonds. The number of hydrazine groups is 1. The summed E-state index contributed by atoms with van der Waals surface area (Å²) >= 11 is 0. The van der Waals surface area contributed by atoms with E-state index in [1.807, 2.05) is 0 Å². The van der Waals surface area contributed by atoms with Gasteiger partial charge in [-0.15, -0.1) is 0 Å². The van der Waals surface area contributed by atoms with Crippen molar-refractivity contribution < 1.29 is 19.1 Å². The summed E-state index contributed by atoms with van der Waals surface area (Å²) in [6.45, 7) is 5.10. The third-order valence-corrected chi connectivity index (χ3v) is 1.88. The Morgan fingerprint density at radius 3 is 2.19 bits per heavy atom. The first-order valence-corrected chi connectivity index (χ1v) is 5.15. The van der Waals surface area contributed by atoms with Crippen molar-refractivity contribution in [2.45, 2.75) is 45.6 Å². The number of nitrogens with zero attached hydrogens (tertiary/aromatic N) is 1. The SMILES string of the molecule is CC(C)(C)OC(=O)NN1C(=O)CCCC1=O. The molecule has 1 aliphatic heterocycles. The van der Waals surface area contributed by atoms with Gasteiger partial charge in [-0.25, -0.2) is 10.2 Å². The minimum atomic E-state index is -0.795. The quantitative estimate of drug-likeness (QED) is 0.678. The highest BCUT2D eigenvalue weighted by molar-refractivity contribution is 5.98. The molecule has 0 aromatic rings. The van der Waals surface area contributed by atoms with E-state index in [0.717, 1.165) is 5.01 Å². The summed E-state index contributed by atoms with van der Waals surface area (Å²) in [7, 11) is 0. The van der Waals surface area contributed by atoms with Gasteiger partial charge >= 0.3 is 6.09 Å². The average molecular weight is 228 g/mol. The van der Waals surface area contributed by atoms with Crippen molar-refractivity contribution in [3.8, 4) is 0 Å². The fraction of sp³-hybridized carbons (Fsp3) is 0.700. The minimum absolute atomic E-state index is 0.265. The summed E-state index contributed by atoms with van der Waals surface area (Å²) in [5.41, 5.74) is 1.49. The van der Waals surface area contributed by atoms with Crippen LogP contribution in [0.1, 0.15) is 40.0 Å². The van der Waals surface area contributed by atoms with Crippen molar-refractivity contribution in [2.24, 2.45) is 0 Å². The van der Waals surface area contributed by atoms with Crippen molar-refractivity contribution in [1.29, 1.82) is 0 Å². The highest BCUT2D eigenvalue weighted by Crippen LogP contribution is 2.11. The lowest BCUT2D eigenvalue weighted by atomic mass is 10.1. The normalized spacial score (nSPS) is 17.3. The average Bonchev–Trinajstić information content (AvgIpc) is 2.08. The van der Waals surface area contributed by atoms with Crippen LogP contribution >= 0.6 is 0 Å². The molecule has 1 N–H and O–H groups in total. The molecule has 1 heterocycles. The summed E-state index contributed by atoms with van der Waals surface area (Å²) in [6.07, 6.45) is 0.267. The van der Waals surface area contributed by atoms with Gasteiger partial charge in [0, 0.05) is 12.8 Å². The molecule has 0 bridgehead atoms. The van der Waals surface area contributed by atoms with Gasteiger partial charge in [-0.05, 0) is 27.2 Å². The molecule has 1 saturated heterocycles. The van der Waals surface area contributed by atoms with Crippen LogP contribution in [0, 0.1) is 0 Å². The zero-order chi connectivity index (χ0) is 12.3. The van der Waals surface area contributed by atoms with Crippen molar-refractivity contribution in [2.75, 3.05) is 0 Å². The van der Waals surface area contributed by atoms with Gasteiger partial charge in [-0.2, -0.15) is 5.01 Å². The van der Waals surface area contributed by atoms with Crippen molar-refractivity contribution in [3.05, 3.63) is 0 Å². The zero-order valence-corrected chi connectivity index (χ0v) is 9.70. The first-order chi connectivity index (χ1) is 7.29. The Bertz CT molecular complexity index is 303. The molecular weight excluding hydrogens is 212 g/mol. The third-order valence-electron chi connectivity index (χ3n) is 1.88. The van der Waals surface area contributed by atoms with E-state index in [1.165, 1.54) is 0 Å². The maximum Gasteiger partial charge on any atom is 0.427 e. The number of rotatable bonds is 1. The molecule has 0 aliphatic carbocycles. The van der Waals surface area contributed by atoms with Crippen LogP contribution in [0.3, 0.4) is 0 Å². The van der Waals surface area contributed by atoms with E-state index in [9.17, 15) is 14.4 Å². The molecule has 6 heteroatoms. The molecule has 90 valence electrons. The van der Waals surface area contributed by atoms with Crippen molar-refractivity contribution in [3.63, 3.8) is 0 Å². The largest absolute Gasteiger partial charge is 0.443 e. The summed E-state index contributed by atoms with van der Waals surface area (Å²) < 4.78 is 4.94. The number of imide groups is 1. The van der Waals surface area contributed by atoms with E-state index in [2.05, 4.69) is 5.43 Å². The summed E-state index contributed by atoms with van der Waals surface area (Å²) in [6, 6.07) is 0. The molecule has 1 rings (SSSR count). The molecular formula is C10H16N2O4. The Balaban J connectivity index is 2.55. The Morgan fingerprint density at radius 2 is 1.75 bits per heavy atom. The summed E-state index contributed by atoms with van der Waals surface area (Å²) in [5, 5.41) is 0.734. The third kappa shape index (κ3) is 3.52. The highest BCUT2D eigenvalue weighted by Gasteiger charge is 2.29. The molecule has 16 heavy (non-hydrogen) atoms. The monoisotopic (exact) mass is 228 g/mol. The number of hydrogen-bond donors (Lipinski definition) is 1. The fourth-order valence-electron chi connectivity index (χ4n) is 1.27. The molecule has 0 unspecified atom stereocenters. The van der Waals surface area contributed by atoms with E-state index >= 15 is 0 Å². The molecule has 6 nitrogen and oxygen atoms in total. The first-order valence-electron chi connectivity index (χ1n) is 5.15. The smallest absolute Gasteiger partial charge is 0.427 e. The van der Waals surface area contributed by atoms with Crippen LogP contribution in [-0.2, 0) is 14.3 Å². The highest BCUT2D eigenvalue weighted by atomic mass is 16.6. The van der Waals surface area contributed by atoms with E-state index in [-0.39, 0.29) is 12.8 Å². The lowest BCUT2D eigenvalue weighted by Crippen LogP contribution is -2.52. The number of carbonyl (C=O) groups is 3. The van der Waals surface area contributed by atoms with Crippen LogP contribution in [0.25, 0.3) is 0 Å². The maximum absolute atomic E-state index is 11.3. The standard InChI is InChI=1S/C10H16N2O4/c1-10(2,3)16-9(15)11-12-7(13)5-4-6-8(12)14/h4-6H2,1-3H3,(H,11,15). The van der Waals surface area contributed by atoms with E-state index in [1.54, 1.807) is 20.8 Å². The molecule has 0 aromatic carbocycles. The second-order valence-corrected chi connectivity index (χ2v) is 4.59. The van der Waals surface area contributed by atoms with Crippen LogP contribution in [-0.4, -0.2) is 28.5 Å². The van der Waals surface area contributed by atoms with Gasteiger partial charge in [0.25, 0.3) is 0 Å². The topological polar surface area (TPSA) is 75.7 Å². The Kier molecular flexibility index (Phi) is 3.51. The van der Waals surface area contributed by atoms with Gasteiger partial charge in [0.2, 0.25) is 11.8 Å². The number of amides is 3. The van der Waals surface area contributed by atoms with E-state index in [4.69, 9.17) is 4.74 Å². The molecule has 0 radical (unpaired) electrons. The van der Waals surface area contributed by atoms with Gasteiger partial charge in [-0.3, -0.25) is 9.59 Å². The zero-order valence-electron chi connectivity index (χ0n) is 9.70. The van der Waals surface area contributed by atoms with E-state index in [0.29, 0.717) is 6.42 Å². The Labute approximate surface area is 93.9 Å². The first kappa shape index (κ1) is 12.5. The fourth-order valence-corrected chi connectivity index (χ4v) is 1.27. The number of nitrogens with one attached hydrogen (secondary N) is 1. The number of piperidine rings is 1. The molecule has 0 atom stereocenters. The predicted octanol–water partition coefficient (Wildman–Crippen LogP) is 0.965. The number of carbonyl (C=O) groups excluding carboxylic acids is 3. The van der Waals surface area contributed by atoms with Gasteiger partial charge < -0.3 is 4.74 Å². The van der Waals surface area contributed by atoms with E-state index < -0.39 is 23.5 Å². The van der Waals surface area contributed by atoms with Crippen LogP contribution in [0.4, 0.5) is 4.79 Å².